The number of alkyl halides is 1. The Kier molecular flexibility index (Phi) is 3.86. The minimum atomic E-state index is -0.764. The predicted molar refractivity (Wildman–Crippen MR) is 86.0 cm³/mol. The van der Waals surface area contributed by atoms with Crippen molar-refractivity contribution in [3.8, 4) is 0 Å². The molecule has 0 saturated heterocycles. The molecule has 0 aliphatic carbocycles. The van der Waals surface area contributed by atoms with Crippen molar-refractivity contribution in [3.05, 3.63) is 74.6 Å². The highest BCUT2D eigenvalue weighted by molar-refractivity contribution is 6.31. The fraction of sp³-hybridized carbons (Fsp3) is 0.118. The molecular formula is C17H13ClFNO2. The molecular weight excluding hydrogens is 305 g/mol. The maximum absolute atomic E-state index is 13.6. The first-order valence-electron chi connectivity index (χ1n) is 6.73. The van der Waals surface area contributed by atoms with E-state index < -0.39 is 12.3 Å². The minimum absolute atomic E-state index is 0.259. The van der Waals surface area contributed by atoms with Gasteiger partial charge in [0.1, 0.15) is 12.3 Å². The summed E-state index contributed by atoms with van der Waals surface area (Å²) in [6, 6.07) is 11.9. The summed E-state index contributed by atoms with van der Waals surface area (Å²) < 4.78 is 18.8. The summed E-state index contributed by atoms with van der Waals surface area (Å²) in [4.78, 5) is 12.2. The lowest BCUT2D eigenvalue weighted by atomic mass is 9.99. The summed E-state index contributed by atoms with van der Waals surface area (Å²) in [5.74, 6) is 0. The van der Waals surface area contributed by atoms with Gasteiger partial charge in [-0.15, -0.1) is 0 Å². The van der Waals surface area contributed by atoms with Crippen LogP contribution in [-0.2, 0) is 13.1 Å². The summed E-state index contributed by atoms with van der Waals surface area (Å²) in [6.45, 7) is -0.764. The third kappa shape index (κ3) is 2.70. The largest absolute Gasteiger partial charge is 0.422 e. The highest BCUT2D eigenvalue weighted by atomic mass is 35.5. The molecule has 0 aliphatic rings. The van der Waals surface area contributed by atoms with Crippen molar-refractivity contribution in [1.82, 2.24) is 0 Å². The molecule has 0 aliphatic heterocycles. The molecule has 0 atom stereocenters. The molecule has 0 fully saturated rings. The topological polar surface area (TPSA) is 56.2 Å². The summed E-state index contributed by atoms with van der Waals surface area (Å²) in [5, 5.41) is 0.986. The van der Waals surface area contributed by atoms with Crippen molar-refractivity contribution >= 4 is 28.3 Å². The Morgan fingerprint density at radius 2 is 1.95 bits per heavy atom. The second-order valence-corrected chi connectivity index (χ2v) is 5.48. The van der Waals surface area contributed by atoms with Gasteiger partial charge < -0.3 is 10.2 Å². The van der Waals surface area contributed by atoms with Crippen LogP contribution >= 0.6 is 11.6 Å². The third-order valence-electron chi connectivity index (χ3n) is 3.55. The average Bonchev–Trinajstić information content (AvgIpc) is 2.49. The van der Waals surface area contributed by atoms with Crippen molar-refractivity contribution in [1.29, 1.82) is 0 Å². The number of hydrogen-bond donors (Lipinski definition) is 1. The van der Waals surface area contributed by atoms with Crippen molar-refractivity contribution < 1.29 is 8.81 Å². The average molecular weight is 318 g/mol. The van der Waals surface area contributed by atoms with Crippen molar-refractivity contribution in [3.63, 3.8) is 0 Å². The van der Waals surface area contributed by atoms with E-state index in [0.29, 0.717) is 32.8 Å². The number of nitrogen functional groups attached to an aromatic ring is 1. The van der Waals surface area contributed by atoms with Crippen LogP contribution in [0, 0.1) is 0 Å². The van der Waals surface area contributed by atoms with Gasteiger partial charge in [0.15, 0.2) is 0 Å². The molecule has 3 nitrogen and oxygen atoms in total. The standard InChI is InChI=1S/C17H13ClFNO2/c18-11-4-5-16-13(8-11)15(9-19)14(17(21)22-16)7-10-2-1-3-12(20)6-10/h1-6,8H,7,9,20H2. The summed E-state index contributed by atoms with van der Waals surface area (Å²) in [7, 11) is 0. The first kappa shape index (κ1) is 14.6. The van der Waals surface area contributed by atoms with Crippen LogP contribution in [0.25, 0.3) is 11.0 Å². The van der Waals surface area contributed by atoms with Crippen LogP contribution < -0.4 is 11.4 Å². The molecule has 3 rings (SSSR count). The van der Waals surface area contributed by atoms with E-state index in [4.69, 9.17) is 21.8 Å². The number of halogens is 2. The van der Waals surface area contributed by atoms with Crippen LogP contribution in [0.2, 0.25) is 5.02 Å². The van der Waals surface area contributed by atoms with E-state index in [0.717, 1.165) is 5.56 Å². The number of benzene rings is 2. The highest BCUT2D eigenvalue weighted by Gasteiger charge is 2.15. The fourth-order valence-corrected chi connectivity index (χ4v) is 2.69. The van der Waals surface area contributed by atoms with Gasteiger partial charge in [0.05, 0.1) is 0 Å². The zero-order chi connectivity index (χ0) is 15.7. The maximum Gasteiger partial charge on any atom is 0.340 e. The molecule has 2 aromatic carbocycles. The van der Waals surface area contributed by atoms with E-state index in [-0.39, 0.29) is 6.42 Å². The Hall–Kier alpha value is -2.33. The Bertz CT molecular complexity index is 905. The molecule has 0 bridgehead atoms. The van der Waals surface area contributed by atoms with Crippen LogP contribution in [0.15, 0.2) is 51.7 Å². The zero-order valence-electron chi connectivity index (χ0n) is 11.6. The lowest BCUT2D eigenvalue weighted by Gasteiger charge is -2.09. The van der Waals surface area contributed by atoms with E-state index in [9.17, 15) is 9.18 Å². The van der Waals surface area contributed by atoms with Gasteiger partial charge in [-0.1, -0.05) is 23.7 Å². The summed E-state index contributed by atoms with van der Waals surface area (Å²) in [5.41, 5.74) is 7.56. The summed E-state index contributed by atoms with van der Waals surface area (Å²) >= 11 is 5.96. The molecule has 0 unspecified atom stereocenters. The highest BCUT2D eigenvalue weighted by Crippen LogP contribution is 2.26. The van der Waals surface area contributed by atoms with Crippen LogP contribution in [0.3, 0.4) is 0 Å². The number of rotatable bonds is 3. The molecule has 22 heavy (non-hydrogen) atoms. The predicted octanol–water partition coefficient (Wildman–Crippen LogP) is 4.09. The lowest BCUT2D eigenvalue weighted by molar-refractivity contribution is 0.476. The second-order valence-electron chi connectivity index (χ2n) is 5.04. The molecule has 1 aromatic heterocycles. The van der Waals surface area contributed by atoms with Gasteiger partial charge in [-0.3, -0.25) is 0 Å². The fourth-order valence-electron chi connectivity index (χ4n) is 2.51. The Labute approximate surface area is 131 Å². The Morgan fingerprint density at radius 3 is 2.68 bits per heavy atom. The van der Waals surface area contributed by atoms with Crippen LogP contribution in [0.4, 0.5) is 10.1 Å². The van der Waals surface area contributed by atoms with Crippen molar-refractivity contribution in [2.24, 2.45) is 0 Å². The van der Waals surface area contributed by atoms with Gasteiger partial charge in [-0.2, -0.15) is 0 Å². The second kappa shape index (κ2) is 5.81. The normalized spacial score (nSPS) is 11.0. The van der Waals surface area contributed by atoms with E-state index in [1.807, 2.05) is 6.07 Å². The molecule has 0 spiro atoms. The molecule has 3 aromatic rings. The van der Waals surface area contributed by atoms with Crippen LogP contribution in [-0.4, -0.2) is 0 Å². The van der Waals surface area contributed by atoms with Gasteiger partial charge >= 0.3 is 5.63 Å². The van der Waals surface area contributed by atoms with Gasteiger partial charge in [0.2, 0.25) is 0 Å². The van der Waals surface area contributed by atoms with Gasteiger partial charge in [0.25, 0.3) is 0 Å². The smallest absolute Gasteiger partial charge is 0.340 e. The molecule has 5 heteroatoms. The first-order valence-corrected chi connectivity index (χ1v) is 7.11. The number of anilines is 1. The Morgan fingerprint density at radius 1 is 1.14 bits per heavy atom. The lowest BCUT2D eigenvalue weighted by Crippen LogP contribution is -2.12. The number of fused-ring (bicyclic) bond motifs is 1. The molecule has 0 radical (unpaired) electrons. The minimum Gasteiger partial charge on any atom is -0.422 e. The van der Waals surface area contributed by atoms with Gasteiger partial charge in [0, 0.05) is 33.6 Å². The molecule has 1 heterocycles. The van der Waals surface area contributed by atoms with E-state index >= 15 is 0 Å². The maximum atomic E-state index is 13.6. The van der Waals surface area contributed by atoms with Crippen LogP contribution in [0.5, 0.6) is 0 Å². The number of hydrogen-bond acceptors (Lipinski definition) is 3. The third-order valence-corrected chi connectivity index (χ3v) is 3.78. The first-order chi connectivity index (χ1) is 10.6. The van der Waals surface area contributed by atoms with Crippen LogP contribution in [0.1, 0.15) is 16.7 Å². The van der Waals surface area contributed by atoms with Crippen molar-refractivity contribution in [2.75, 3.05) is 5.73 Å². The monoisotopic (exact) mass is 317 g/mol. The SMILES string of the molecule is Nc1cccc(Cc2c(CF)c3cc(Cl)ccc3oc2=O)c1. The molecule has 2 N–H and O–H groups in total. The number of nitrogens with two attached hydrogens (primary N) is 1. The van der Waals surface area contributed by atoms with E-state index in [1.165, 1.54) is 0 Å². The summed E-state index contributed by atoms with van der Waals surface area (Å²) in [6.07, 6.45) is 0.259. The van der Waals surface area contributed by atoms with E-state index in [2.05, 4.69) is 0 Å². The van der Waals surface area contributed by atoms with E-state index in [1.54, 1.807) is 36.4 Å². The van der Waals surface area contributed by atoms with Gasteiger partial charge in [-0.25, -0.2) is 9.18 Å². The molecule has 0 saturated carbocycles. The zero-order valence-corrected chi connectivity index (χ0v) is 12.4. The molecule has 0 amide bonds. The van der Waals surface area contributed by atoms with Gasteiger partial charge in [-0.05, 0) is 35.9 Å². The quantitative estimate of drug-likeness (QED) is 0.584. The molecule has 112 valence electrons. The van der Waals surface area contributed by atoms with Crippen molar-refractivity contribution in [2.45, 2.75) is 13.1 Å². The Balaban J connectivity index is 2.20.